The van der Waals surface area contributed by atoms with E-state index in [9.17, 15) is 0 Å². The fourth-order valence-electron chi connectivity index (χ4n) is 2.12. The molecular weight excluding hydrogens is 286 g/mol. The first-order chi connectivity index (χ1) is 8.83. The van der Waals surface area contributed by atoms with Gasteiger partial charge in [-0.25, -0.2) is 0 Å². The summed E-state index contributed by atoms with van der Waals surface area (Å²) < 4.78 is 3.28. The van der Waals surface area contributed by atoms with Gasteiger partial charge in [-0.3, -0.25) is 0 Å². The molecule has 0 saturated heterocycles. The summed E-state index contributed by atoms with van der Waals surface area (Å²) in [6, 6.07) is 21.2. The lowest BCUT2D eigenvalue weighted by Gasteiger charge is -2.02. The lowest BCUT2D eigenvalue weighted by atomic mass is 10.1. The molecule has 0 bridgehead atoms. The van der Waals surface area contributed by atoms with Crippen LogP contribution in [0.25, 0.3) is 10.8 Å². The highest BCUT2D eigenvalue weighted by Crippen LogP contribution is 2.15. The number of hydrogen-bond acceptors (Lipinski definition) is 0. The molecule has 3 aromatic rings. The van der Waals surface area contributed by atoms with E-state index in [2.05, 4.69) is 75.2 Å². The Morgan fingerprint density at radius 2 is 1.61 bits per heavy atom. The zero-order valence-electron chi connectivity index (χ0n) is 9.88. The second-order valence-electron chi connectivity index (χ2n) is 4.33. The number of halogens is 1. The van der Waals surface area contributed by atoms with Crippen molar-refractivity contribution in [2.45, 2.75) is 6.54 Å². The molecule has 0 aliphatic heterocycles. The van der Waals surface area contributed by atoms with E-state index in [0.717, 1.165) is 11.1 Å². The monoisotopic (exact) mass is 298 g/mol. The summed E-state index contributed by atoms with van der Waals surface area (Å²) in [5, 5.41) is 2.58. The summed E-state index contributed by atoms with van der Waals surface area (Å²) in [5.41, 5.74) is 1.31. The van der Waals surface area contributed by atoms with Crippen LogP contribution >= 0.6 is 15.9 Å². The number of rotatable bonds is 2. The van der Waals surface area contributed by atoms with Gasteiger partial charge in [-0.05, 0) is 22.9 Å². The minimum Gasteiger partial charge on any atom is -0.188 e. The maximum absolute atomic E-state index is 3.57. The molecule has 1 aromatic heterocycles. The van der Waals surface area contributed by atoms with E-state index in [-0.39, 0.29) is 0 Å². The lowest BCUT2D eigenvalue weighted by Crippen LogP contribution is -2.35. The van der Waals surface area contributed by atoms with Crippen molar-refractivity contribution in [2.75, 3.05) is 0 Å². The van der Waals surface area contributed by atoms with Gasteiger partial charge < -0.3 is 0 Å². The third-order valence-corrected chi connectivity index (χ3v) is 3.77. The summed E-state index contributed by atoms with van der Waals surface area (Å²) in [5.74, 6) is 0. The van der Waals surface area contributed by atoms with Crippen LogP contribution in [0.3, 0.4) is 0 Å². The molecule has 0 fully saturated rings. The van der Waals surface area contributed by atoms with Gasteiger partial charge >= 0.3 is 0 Å². The number of hydrogen-bond donors (Lipinski definition) is 0. The highest BCUT2D eigenvalue weighted by molar-refractivity contribution is 9.10. The normalized spacial score (nSPS) is 10.7. The van der Waals surface area contributed by atoms with Gasteiger partial charge in [0, 0.05) is 33.6 Å². The molecular formula is C16H13BrN+. The summed E-state index contributed by atoms with van der Waals surface area (Å²) in [7, 11) is 0. The van der Waals surface area contributed by atoms with Crippen molar-refractivity contribution in [3.8, 4) is 0 Å². The standard InChI is InChI=1S/C16H13BrN/c17-16-7-3-4-10-18(16)12-13-8-9-14-5-1-2-6-15(14)11-13/h1-11H,12H2/q+1. The highest BCUT2D eigenvalue weighted by atomic mass is 79.9. The van der Waals surface area contributed by atoms with Crippen LogP contribution in [0.15, 0.2) is 71.5 Å². The molecule has 0 aliphatic rings. The minimum absolute atomic E-state index is 0.881. The van der Waals surface area contributed by atoms with Crippen molar-refractivity contribution >= 4 is 26.7 Å². The van der Waals surface area contributed by atoms with Crippen LogP contribution in [0.1, 0.15) is 5.56 Å². The van der Waals surface area contributed by atoms with Crippen LogP contribution in [0.5, 0.6) is 0 Å². The number of nitrogens with zero attached hydrogens (tertiary/aromatic N) is 1. The van der Waals surface area contributed by atoms with E-state index in [1.165, 1.54) is 16.3 Å². The van der Waals surface area contributed by atoms with Crippen LogP contribution in [-0.4, -0.2) is 0 Å². The molecule has 0 amide bonds. The van der Waals surface area contributed by atoms with Crippen LogP contribution in [0.2, 0.25) is 0 Å². The largest absolute Gasteiger partial charge is 0.248 e. The average molecular weight is 299 g/mol. The van der Waals surface area contributed by atoms with Gasteiger partial charge in [0.15, 0.2) is 12.7 Å². The van der Waals surface area contributed by atoms with Gasteiger partial charge in [-0.2, -0.15) is 4.57 Å². The maximum Gasteiger partial charge on any atom is 0.248 e. The van der Waals surface area contributed by atoms with Crippen molar-refractivity contribution < 1.29 is 4.57 Å². The summed E-state index contributed by atoms with van der Waals surface area (Å²) >= 11 is 3.57. The topological polar surface area (TPSA) is 3.88 Å². The molecule has 0 aliphatic carbocycles. The summed E-state index contributed by atoms with van der Waals surface area (Å²) in [6.07, 6.45) is 2.08. The van der Waals surface area contributed by atoms with Crippen molar-refractivity contribution in [2.24, 2.45) is 0 Å². The molecule has 3 rings (SSSR count). The SMILES string of the molecule is Brc1cccc[n+]1Cc1ccc2ccccc2c1. The number of pyridine rings is 1. The molecule has 18 heavy (non-hydrogen) atoms. The summed E-state index contributed by atoms with van der Waals surface area (Å²) in [6.45, 7) is 0.881. The second-order valence-corrected chi connectivity index (χ2v) is 5.15. The predicted octanol–water partition coefficient (Wildman–Crippen LogP) is 3.94. The van der Waals surface area contributed by atoms with Crippen molar-refractivity contribution in [3.05, 3.63) is 77.0 Å². The maximum atomic E-state index is 3.57. The molecule has 1 nitrogen and oxygen atoms in total. The zero-order chi connectivity index (χ0) is 12.4. The van der Waals surface area contributed by atoms with E-state index < -0.39 is 0 Å². The number of aromatic nitrogens is 1. The Morgan fingerprint density at radius 3 is 2.44 bits per heavy atom. The lowest BCUT2D eigenvalue weighted by molar-refractivity contribution is -0.699. The van der Waals surface area contributed by atoms with Crippen molar-refractivity contribution in [3.63, 3.8) is 0 Å². The Kier molecular flexibility index (Phi) is 3.11. The summed E-state index contributed by atoms with van der Waals surface area (Å²) in [4.78, 5) is 0. The molecule has 0 saturated carbocycles. The van der Waals surface area contributed by atoms with E-state index in [1.807, 2.05) is 12.1 Å². The van der Waals surface area contributed by atoms with Crippen molar-refractivity contribution in [1.29, 1.82) is 0 Å². The zero-order valence-corrected chi connectivity index (χ0v) is 11.5. The quantitative estimate of drug-likeness (QED) is 0.498. The fraction of sp³-hybridized carbons (Fsp3) is 0.0625. The fourth-order valence-corrected chi connectivity index (χ4v) is 2.51. The van der Waals surface area contributed by atoms with Gasteiger partial charge in [-0.15, -0.1) is 0 Å². The minimum atomic E-state index is 0.881. The van der Waals surface area contributed by atoms with Gasteiger partial charge in [0.1, 0.15) is 0 Å². The van der Waals surface area contributed by atoms with E-state index in [0.29, 0.717) is 0 Å². The Bertz CT molecular complexity index is 691. The Morgan fingerprint density at radius 1 is 0.833 bits per heavy atom. The molecule has 88 valence electrons. The van der Waals surface area contributed by atoms with Gasteiger partial charge in [0.25, 0.3) is 0 Å². The Hall–Kier alpha value is -1.67. The Labute approximate surface area is 115 Å². The third-order valence-electron chi connectivity index (χ3n) is 3.05. The van der Waals surface area contributed by atoms with E-state index >= 15 is 0 Å². The van der Waals surface area contributed by atoms with Gasteiger partial charge in [0.2, 0.25) is 4.60 Å². The molecule has 0 atom stereocenters. The molecule has 2 heteroatoms. The van der Waals surface area contributed by atoms with Gasteiger partial charge in [-0.1, -0.05) is 36.4 Å². The molecule has 0 unspecified atom stereocenters. The molecule has 2 aromatic carbocycles. The van der Waals surface area contributed by atoms with E-state index in [1.54, 1.807) is 0 Å². The molecule has 0 radical (unpaired) electrons. The van der Waals surface area contributed by atoms with Crippen LogP contribution in [-0.2, 0) is 6.54 Å². The molecule has 0 N–H and O–H groups in total. The van der Waals surface area contributed by atoms with Crippen LogP contribution in [0, 0.1) is 0 Å². The predicted molar refractivity (Wildman–Crippen MR) is 77.4 cm³/mol. The third kappa shape index (κ3) is 2.29. The molecule has 1 heterocycles. The van der Waals surface area contributed by atoms with Crippen molar-refractivity contribution in [1.82, 2.24) is 0 Å². The average Bonchev–Trinajstić information content (AvgIpc) is 2.41. The molecule has 0 spiro atoms. The Balaban J connectivity index is 1.98. The van der Waals surface area contributed by atoms with Gasteiger partial charge in [0.05, 0.1) is 0 Å². The van der Waals surface area contributed by atoms with Crippen LogP contribution in [0.4, 0.5) is 0 Å². The number of fused-ring (bicyclic) bond motifs is 1. The second kappa shape index (κ2) is 4.91. The van der Waals surface area contributed by atoms with Crippen LogP contribution < -0.4 is 4.57 Å². The van der Waals surface area contributed by atoms with E-state index in [4.69, 9.17) is 0 Å². The smallest absolute Gasteiger partial charge is 0.188 e. The first-order valence-electron chi connectivity index (χ1n) is 5.94. The highest BCUT2D eigenvalue weighted by Gasteiger charge is 2.07. The first kappa shape index (κ1) is 11.4. The number of benzene rings is 2. The first-order valence-corrected chi connectivity index (χ1v) is 6.74.